The van der Waals surface area contributed by atoms with E-state index < -0.39 is 15.8 Å². The quantitative estimate of drug-likeness (QED) is 0.699. The molecule has 0 unspecified atom stereocenters. The van der Waals surface area contributed by atoms with Crippen LogP contribution in [0.3, 0.4) is 0 Å². The van der Waals surface area contributed by atoms with E-state index in [4.69, 9.17) is 4.42 Å². The Kier molecular flexibility index (Phi) is 4.29. The third-order valence-corrected chi connectivity index (χ3v) is 4.91. The lowest BCUT2D eigenvalue weighted by Gasteiger charge is -2.11. The molecule has 1 aromatic carbocycles. The molecule has 0 bridgehead atoms. The molecule has 0 radical (unpaired) electrons. The number of aromatic nitrogens is 3. The molecule has 0 aliphatic carbocycles. The molecule has 2 N–H and O–H groups in total. The molecule has 0 aliphatic rings. The number of benzene rings is 1. The Labute approximate surface area is 138 Å². The predicted octanol–water partition coefficient (Wildman–Crippen LogP) is 1.45. The fourth-order valence-corrected chi connectivity index (χ4v) is 3.41. The van der Waals surface area contributed by atoms with Gasteiger partial charge in [0.1, 0.15) is 0 Å². The first-order valence-corrected chi connectivity index (χ1v) is 8.95. The largest absolute Gasteiger partial charge is 0.417 e. The van der Waals surface area contributed by atoms with Gasteiger partial charge in [-0.15, -0.1) is 0 Å². The summed E-state index contributed by atoms with van der Waals surface area (Å²) in [6, 6.07) is 4.24. The van der Waals surface area contributed by atoms with Crippen molar-refractivity contribution in [2.45, 2.75) is 31.8 Å². The number of nitrogens with one attached hydrogen (secondary N) is 2. The molecular weight excluding hydrogens is 332 g/mol. The third kappa shape index (κ3) is 3.41. The van der Waals surface area contributed by atoms with Crippen LogP contribution in [-0.2, 0) is 23.1 Å². The van der Waals surface area contributed by atoms with Crippen molar-refractivity contribution in [3.8, 4) is 0 Å². The monoisotopic (exact) mass is 350 g/mol. The molecule has 3 rings (SSSR count). The Hall–Kier alpha value is -2.39. The van der Waals surface area contributed by atoms with Gasteiger partial charge in [-0.3, -0.25) is 4.98 Å². The van der Waals surface area contributed by atoms with E-state index in [2.05, 4.69) is 28.5 Å². The minimum atomic E-state index is -3.73. The van der Waals surface area contributed by atoms with Crippen LogP contribution in [0.4, 0.5) is 0 Å². The van der Waals surface area contributed by atoms with E-state index >= 15 is 0 Å². The van der Waals surface area contributed by atoms with Crippen molar-refractivity contribution in [1.82, 2.24) is 19.3 Å². The number of hydrogen-bond acceptors (Lipinski definition) is 5. The number of oxazole rings is 1. The number of fused-ring (bicyclic) bond motifs is 1. The van der Waals surface area contributed by atoms with Crippen LogP contribution in [0.5, 0.6) is 0 Å². The van der Waals surface area contributed by atoms with E-state index in [0.717, 1.165) is 12.2 Å². The van der Waals surface area contributed by atoms with Crippen molar-refractivity contribution in [2.75, 3.05) is 0 Å². The molecule has 8 nitrogen and oxygen atoms in total. The number of rotatable bonds is 6. The molecular formula is C15H18N4O4S. The maximum absolute atomic E-state index is 12.4. The summed E-state index contributed by atoms with van der Waals surface area (Å²) in [4.78, 5) is 17.7. The van der Waals surface area contributed by atoms with E-state index in [1.165, 1.54) is 18.2 Å². The molecule has 0 atom stereocenters. The molecule has 0 spiro atoms. The summed E-state index contributed by atoms with van der Waals surface area (Å²) < 4.78 is 34.2. The average molecular weight is 350 g/mol. The molecule has 0 saturated heterocycles. The van der Waals surface area contributed by atoms with Crippen molar-refractivity contribution < 1.29 is 12.8 Å². The molecule has 24 heavy (non-hydrogen) atoms. The van der Waals surface area contributed by atoms with Crippen LogP contribution in [0.25, 0.3) is 11.1 Å². The van der Waals surface area contributed by atoms with Crippen LogP contribution >= 0.6 is 0 Å². The van der Waals surface area contributed by atoms with Gasteiger partial charge >= 0.3 is 5.76 Å². The van der Waals surface area contributed by atoms with Gasteiger partial charge in [0.25, 0.3) is 0 Å². The summed E-state index contributed by atoms with van der Waals surface area (Å²) in [5.74, 6) is -0.196. The summed E-state index contributed by atoms with van der Waals surface area (Å²) in [6.45, 7) is 5.04. The normalized spacial score (nSPS) is 12.3. The second kappa shape index (κ2) is 6.25. The number of aromatic amines is 1. The lowest BCUT2D eigenvalue weighted by atomic mass is 10.2. The van der Waals surface area contributed by atoms with E-state index in [-0.39, 0.29) is 17.0 Å². The lowest BCUT2D eigenvalue weighted by molar-refractivity contribution is 0.506. The highest BCUT2D eigenvalue weighted by atomic mass is 32.2. The SMILES string of the molecule is CC(C)Cn1cncc1CNS(=O)(=O)c1ccc2[nH]c(=O)oc2c1. The van der Waals surface area contributed by atoms with Gasteiger partial charge in [-0.2, -0.15) is 0 Å². The van der Waals surface area contributed by atoms with Crippen molar-refractivity contribution >= 4 is 21.1 Å². The number of H-pyrrole nitrogens is 1. The first-order chi connectivity index (χ1) is 11.3. The predicted molar refractivity (Wildman–Crippen MR) is 87.9 cm³/mol. The van der Waals surface area contributed by atoms with Crippen molar-refractivity contribution in [3.05, 3.63) is 47.0 Å². The first-order valence-electron chi connectivity index (χ1n) is 7.47. The zero-order chi connectivity index (χ0) is 17.3. The third-order valence-electron chi connectivity index (χ3n) is 3.51. The Morgan fingerprint density at radius 1 is 1.38 bits per heavy atom. The fourth-order valence-electron chi connectivity index (χ4n) is 2.40. The molecule has 0 aliphatic heterocycles. The Morgan fingerprint density at radius 2 is 2.17 bits per heavy atom. The zero-order valence-electron chi connectivity index (χ0n) is 13.3. The molecule has 3 aromatic rings. The minimum Gasteiger partial charge on any atom is -0.408 e. The maximum atomic E-state index is 12.4. The van der Waals surface area contributed by atoms with Crippen LogP contribution in [0.15, 0.2) is 44.8 Å². The smallest absolute Gasteiger partial charge is 0.408 e. The molecule has 0 amide bonds. The second-order valence-corrected chi connectivity index (χ2v) is 7.70. The van der Waals surface area contributed by atoms with Crippen LogP contribution in [0.2, 0.25) is 0 Å². The highest BCUT2D eigenvalue weighted by Crippen LogP contribution is 2.17. The molecule has 128 valence electrons. The summed E-state index contributed by atoms with van der Waals surface area (Å²) in [5, 5.41) is 0. The zero-order valence-corrected chi connectivity index (χ0v) is 14.1. The van der Waals surface area contributed by atoms with Gasteiger partial charge in [-0.05, 0) is 18.1 Å². The average Bonchev–Trinajstić information content (AvgIpc) is 3.08. The number of hydrogen-bond donors (Lipinski definition) is 2. The summed E-state index contributed by atoms with van der Waals surface area (Å²) in [5.41, 5.74) is 1.43. The van der Waals surface area contributed by atoms with Gasteiger partial charge in [0, 0.05) is 18.8 Å². The summed E-state index contributed by atoms with van der Waals surface area (Å²) >= 11 is 0. The Bertz CT molecular complexity index is 1010. The highest BCUT2D eigenvalue weighted by Gasteiger charge is 2.17. The van der Waals surface area contributed by atoms with Gasteiger partial charge in [-0.25, -0.2) is 22.9 Å². The van der Waals surface area contributed by atoms with Gasteiger partial charge in [0.05, 0.1) is 29.0 Å². The van der Waals surface area contributed by atoms with E-state index in [0.29, 0.717) is 11.4 Å². The number of nitrogens with zero attached hydrogens (tertiary/aromatic N) is 2. The second-order valence-electron chi connectivity index (χ2n) is 5.93. The lowest BCUT2D eigenvalue weighted by Crippen LogP contribution is -2.24. The molecule has 2 heterocycles. The number of sulfonamides is 1. The van der Waals surface area contributed by atoms with E-state index in [1.54, 1.807) is 12.5 Å². The first kappa shape index (κ1) is 16.5. The van der Waals surface area contributed by atoms with Gasteiger partial charge in [0.15, 0.2) is 5.58 Å². The molecule has 0 saturated carbocycles. The molecule has 0 fully saturated rings. The Morgan fingerprint density at radius 3 is 2.92 bits per heavy atom. The van der Waals surface area contributed by atoms with E-state index in [1.807, 2.05) is 4.57 Å². The summed E-state index contributed by atoms with van der Waals surface area (Å²) in [7, 11) is -3.73. The highest BCUT2D eigenvalue weighted by molar-refractivity contribution is 7.89. The number of imidazole rings is 1. The van der Waals surface area contributed by atoms with Gasteiger partial charge < -0.3 is 8.98 Å². The Balaban J connectivity index is 1.80. The molecule has 2 aromatic heterocycles. The maximum Gasteiger partial charge on any atom is 0.417 e. The van der Waals surface area contributed by atoms with E-state index in [9.17, 15) is 13.2 Å². The van der Waals surface area contributed by atoms with Crippen molar-refractivity contribution in [1.29, 1.82) is 0 Å². The van der Waals surface area contributed by atoms with Gasteiger partial charge in [0.2, 0.25) is 10.0 Å². The van der Waals surface area contributed by atoms with Crippen LogP contribution < -0.4 is 10.5 Å². The minimum absolute atomic E-state index is 0.0349. The fraction of sp³-hybridized carbons (Fsp3) is 0.333. The molecule has 9 heteroatoms. The van der Waals surface area contributed by atoms with Crippen LogP contribution in [0.1, 0.15) is 19.5 Å². The van der Waals surface area contributed by atoms with Crippen molar-refractivity contribution in [2.24, 2.45) is 5.92 Å². The van der Waals surface area contributed by atoms with Crippen molar-refractivity contribution in [3.63, 3.8) is 0 Å². The van der Waals surface area contributed by atoms with Crippen LogP contribution in [-0.4, -0.2) is 23.0 Å². The van der Waals surface area contributed by atoms with Gasteiger partial charge in [-0.1, -0.05) is 13.8 Å². The topological polar surface area (TPSA) is 110 Å². The standard InChI is InChI=1S/C15H18N4O4S/c1-10(2)8-19-9-16-6-11(19)7-17-24(21,22)12-3-4-13-14(5-12)23-15(20)18-13/h3-6,9-10,17H,7-8H2,1-2H3,(H,18,20). The van der Waals surface area contributed by atoms with Crippen LogP contribution in [0, 0.1) is 5.92 Å². The summed E-state index contributed by atoms with van der Waals surface area (Å²) in [6.07, 6.45) is 3.32.